The van der Waals surface area contributed by atoms with E-state index in [-0.39, 0.29) is 12.2 Å². The number of rotatable bonds is 5. The number of methoxy groups -OCH3 is 1. The van der Waals surface area contributed by atoms with Crippen molar-refractivity contribution in [2.24, 2.45) is 5.92 Å². The molecule has 0 amide bonds. The van der Waals surface area contributed by atoms with Crippen molar-refractivity contribution < 1.29 is 14.3 Å². The minimum absolute atomic E-state index is 0.284. The summed E-state index contributed by atoms with van der Waals surface area (Å²) in [4.78, 5) is 24.5. The lowest BCUT2D eigenvalue weighted by molar-refractivity contribution is -0.143. The number of Topliss-reactive ketones (excluding diaryl/α,β-unsaturated/α-hetero) is 1. The Balaban J connectivity index is 2.26. The van der Waals surface area contributed by atoms with Gasteiger partial charge in [0.15, 0.2) is 5.78 Å². The molecular weight excluding hydrogens is 278 g/mol. The van der Waals surface area contributed by atoms with Crippen LogP contribution in [-0.2, 0) is 16.0 Å². The van der Waals surface area contributed by atoms with Crippen LogP contribution in [0, 0.1) is 17.2 Å². The van der Waals surface area contributed by atoms with Crippen LogP contribution < -0.4 is 0 Å². The minimum atomic E-state index is -0.889. The number of nitrogens with zero attached hydrogens (tertiary/aromatic N) is 1. The molecule has 0 heterocycles. The first-order valence-electron chi connectivity index (χ1n) is 6.82. The Bertz CT molecular complexity index is 699. The van der Waals surface area contributed by atoms with Crippen molar-refractivity contribution >= 4 is 11.8 Å². The summed E-state index contributed by atoms with van der Waals surface area (Å²) in [5.41, 5.74) is 1.75. The zero-order valence-corrected chi connectivity index (χ0v) is 12.2. The lowest BCUT2D eigenvalue weighted by atomic mass is 9.91. The summed E-state index contributed by atoms with van der Waals surface area (Å²) < 4.78 is 4.76. The van der Waals surface area contributed by atoms with E-state index in [0.29, 0.717) is 11.1 Å². The fourth-order valence-electron chi connectivity index (χ4n) is 2.19. The number of carbonyl (C=O) groups excluding carboxylic acids is 2. The van der Waals surface area contributed by atoms with Crippen molar-refractivity contribution in [2.45, 2.75) is 6.42 Å². The second-order valence-electron chi connectivity index (χ2n) is 4.82. The van der Waals surface area contributed by atoms with E-state index in [4.69, 9.17) is 10.00 Å². The molecule has 1 unspecified atom stereocenters. The van der Waals surface area contributed by atoms with Gasteiger partial charge in [-0.05, 0) is 24.1 Å². The largest absolute Gasteiger partial charge is 0.468 e. The van der Waals surface area contributed by atoms with Gasteiger partial charge in [-0.1, -0.05) is 42.5 Å². The molecule has 0 N–H and O–H groups in total. The highest BCUT2D eigenvalue weighted by molar-refractivity contribution is 6.08. The van der Waals surface area contributed by atoms with Gasteiger partial charge in [0.1, 0.15) is 5.92 Å². The van der Waals surface area contributed by atoms with E-state index in [1.165, 1.54) is 7.11 Å². The molecule has 4 heteroatoms. The number of nitriles is 1. The Kier molecular flexibility index (Phi) is 5.05. The van der Waals surface area contributed by atoms with Gasteiger partial charge in [0.2, 0.25) is 0 Å². The van der Waals surface area contributed by atoms with Crippen LogP contribution in [0.2, 0.25) is 0 Å². The van der Waals surface area contributed by atoms with E-state index < -0.39 is 11.9 Å². The predicted molar refractivity (Wildman–Crippen MR) is 81.1 cm³/mol. The molecule has 0 fully saturated rings. The van der Waals surface area contributed by atoms with Crippen LogP contribution in [0.4, 0.5) is 0 Å². The Morgan fingerprint density at radius 2 is 1.73 bits per heavy atom. The Labute approximate surface area is 129 Å². The van der Waals surface area contributed by atoms with E-state index in [0.717, 1.165) is 5.56 Å². The monoisotopic (exact) mass is 293 g/mol. The van der Waals surface area contributed by atoms with E-state index >= 15 is 0 Å². The second-order valence-corrected chi connectivity index (χ2v) is 4.82. The number of benzene rings is 2. The SMILES string of the molecule is COC(=O)C(Cc1ccccc1)C(=O)c1ccc(C#N)cc1. The maximum Gasteiger partial charge on any atom is 0.316 e. The third-order valence-electron chi connectivity index (χ3n) is 3.38. The quantitative estimate of drug-likeness (QED) is 0.483. The molecule has 2 aromatic rings. The number of carbonyl (C=O) groups is 2. The fraction of sp³-hybridized carbons (Fsp3) is 0.167. The summed E-state index contributed by atoms with van der Waals surface area (Å²) in [5, 5.41) is 8.79. The molecule has 110 valence electrons. The smallest absolute Gasteiger partial charge is 0.316 e. The van der Waals surface area contributed by atoms with Gasteiger partial charge < -0.3 is 4.74 Å². The molecule has 0 bridgehead atoms. The molecule has 4 nitrogen and oxygen atoms in total. The predicted octanol–water partition coefficient (Wildman–Crippen LogP) is 2.77. The lowest BCUT2D eigenvalue weighted by Gasteiger charge is -2.14. The average molecular weight is 293 g/mol. The maximum atomic E-state index is 12.6. The van der Waals surface area contributed by atoms with E-state index in [9.17, 15) is 9.59 Å². The van der Waals surface area contributed by atoms with Gasteiger partial charge in [-0.15, -0.1) is 0 Å². The molecule has 0 aliphatic rings. The van der Waals surface area contributed by atoms with Crippen molar-refractivity contribution in [3.63, 3.8) is 0 Å². The maximum absolute atomic E-state index is 12.6. The molecule has 0 aromatic heterocycles. The molecule has 0 aliphatic carbocycles. The lowest BCUT2D eigenvalue weighted by Crippen LogP contribution is -2.27. The van der Waals surface area contributed by atoms with Gasteiger partial charge in [0.05, 0.1) is 18.7 Å². The second kappa shape index (κ2) is 7.19. The molecule has 0 spiro atoms. The molecule has 0 radical (unpaired) electrons. The highest BCUT2D eigenvalue weighted by Gasteiger charge is 2.28. The normalized spacial score (nSPS) is 11.3. The van der Waals surface area contributed by atoms with Crippen LogP contribution in [0.1, 0.15) is 21.5 Å². The van der Waals surface area contributed by atoms with Crippen molar-refractivity contribution in [3.8, 4) is 6.07 Å². The number of ether oxygens (including phenoxy) is 1. The minimum Gasteiger partial charge on any atom is -0.468 e. The van der Waals surface area contributed by atoms with Gasteiger partial charge in [-0.25, -0.2) is 0 Å². The molecule has 1 atom stereocenters. The Hall–Kier alpha value is -2.93. The third-order valence-corrected chi connectivity index (χ3v) is 3.38. The van der Waals surface area contributed by atoms with Crippen LogP contribution in [0.15, 0.2) is 54.6 Å². The third kappa shape index (κ3) is 3.58. The van der Waals surface area contributed by atoms with Crippen LogP contribution >= 0.6 is 0 Å². The zero-order valence-electron chi connectivity index (χ0n) is 12.2. The highest BCUT2D eigenvalue weighted by Crippen LogP contribution is 2.17. The Morgan fingerprint density at radius 3 is 2.27 bits per heavy atom. The van der Waals surface area contributed by atoms with Gasteiger partial charge in [-0.3, -0.25) is 9.59 Å². The zero-order chi connectivity index (χ0) is 15.9. The summed E-state index contributed by atoms with van der Waals surface area (Å²) in [5.74, 6) is -1.75. The van der Waals surface area contributed by atoms with Crippen LogP contribution in [0.25, 0.3) is 0 Å². The molecule has 0 saturated heterocycles. The number of ketones is 1. The van der Waals surface area contributed by atoms with Crippen molar-refractivity contribution in [2.75, 3.05) is 7.11 Å². The van der Waals surface area contributed by atoms with E-state index in [1.54, 1.807) is 24.3 Å². The number of esters is 1. The van der Waals surface area contributed by atoms with Gasteiger partial charge in [-0.2, -0.15) is 5.26 Å². The first-order valence-corrected chi connectivity index (χ1v) is 6.82. The molecule has 0 saturated carbocycles. The van der Waals surface area contributed by atoms with Crippen LogP contribution in [0.3, 0.4) is 0 Å². The topological polar surface area (TPSA) is 67.2 Å². The molecule has 0 aliphatic heterocycles. The average Bonchev–Trinajstić information content (AvgIpc) is 2.59. The van der Waals surface area contributed by atoms with E-state index in [2.05, 4.69) is 0 Å². The summed E-state index contributed by atoms with van der Waals surface area (Å²) >= 11 is 0. The summed E-state index contributed by atoms with van der Waals surface area (Å²) in [6.45, 7) is 0. The van der Waals surface area contributed by atoms with Crippen molar-refractivity contribution in [3.05, 3.63) is 71.3 Å². The molecule has 2 rings (SSSR count). The number of hydrogen-bond donors (Lipinski definition) is 0. The summed E-state index contributed by atoms with van der Waals surface area (Å²) in [6, 6.07) is 17.5. The fourth-order valence-corrected chi connectivity index (χ4v) is 2.19. The standard InChI is InChI=1S/C18H15NO3/c1-22-18(21)16(11-13-5-3-2-4-6-13)17(20)15-9-7-14(12-19)8-10-15/h2-10,16H,11H2,1H3. The van der Waals surface area contributed by atoms with Gasteiger partial charge in [0.25, 0.3) is 0 Å². The Morgan fingerprint density at radius 1 is 1.09 bits per heavy atom. The van der Waals surface area contributed by atoms with E-state index in [1.807, 2.05) is 36.4 Å². The van der Waals surface area contributed by atoms with Crippen LogP contribution in [-0.4, -0.2) is 18.9 Å². The first-order chi connectivity index (χ1) is 10.7. The first kappa shape index (κ1) is 15.5. The molecular formula is C18H15NO3. The van der Waals surface area contributed by atoms with Crippen LogP contribution in [0.5, 0.6) is 0 Å². The summed E-state index contributed by atoms with van der Waals surface area (Å²) in [7, 11) is 1.27. The molecule has 2 aromatic carbocycles. The number of hydrogen-bond acceptors (Lipinski definition) is 4. The summed E-state index contributed by atoms with van der Waals surface area (Å²) in [6.07, 6.45) is 0.284. The van der Waals surface area contributed by atoms with Gasteiger partial charge in [0, 0.05) is 5.56 Å². The van der Waals surface area contributed by atoms with Crippen molar-refractivity contribution in [1.29, 1.82) is 5.26 Å². The molecule has 22 heavy (non-hydrogen) atoms. The highest BCUT2D eigenvalue weighted by atomic mass is 16.5. The van der Waals surface area contributed by atoms with Crippen molar-refractivity contribution in [1.82, 2.24) is 0 Å². The van der Waals surface area contributed by atoms with Gasteiger partial charge >= 0.3 is 5.97 Å².